The molecule has 0 saturated carbocycles. The lowest BCUT2D eigenvalue weighted by Crippen LogP contribution is -2.37. The molecule has 5 nitrogen and oxygen atoms in total. The fourth-order valence-electron chi connectivity index (χ4n) is 1.66. The molecule has 0 aromatic carbocycles. The van der Waals surface area contributed by atoms with Crippen molar-refractivity contribution in [2.45, 2.75) is 38.1 Å². The van der Waals surface area contributed by atoms with E-state index in [1.807, 2.05) is 6.92 Å². The minimum atomic E-state index is -3.73. The zero-order chi connectivity index (χ0) is 13.9. The average molecular weight is 291 g/mol. The quantitative estimate of drug-likeness (QED) is 0.872. The van der Waals surface area contributed by atoms with E-state index in [0.717, 1.165) is 11.3 Å². The van der Waals surface area contributed by atoms with Gasteiger partial charge in [0.2, 0.25) is 10.0 Å². The van der Waals surface area contributed by atoms with E-state index in [-0.39, 0.29) is 15.8 Å². The second-order valence-corrected chi connectivity index (χ2v) is 6.90. The summed E-state index contributed by atoms with van der Waals surface area (Å²) in [5, 5.41) is 10.5. The van der Waals surface area contributed by atoms with Crippen LogP contribution in [0.1, 0.15) is 36.9 Å². The van der Waals surface area contributed by atoms with Crippen molar-refractivity contribution in [2.24, 2.45) is 0 Å². The Labute approximate surface area is 111 Å². The lowest BCUT2D eigenvalue weighted by Gasteiger charge is -2.25. The molecule has 0 saturated heterocycles. The maximum atomic E-state index is 12.4. The molecule has 1 N–H and O–H groups in total. The smallest absolute Gasteiger partial charge is 0.347 e. The van der Waals surface area contributed by atoms with Gasteiger partial charge in [0.05, 0.1) is 0 Å². The van der Waals surface area contributed by atoms with E-state index in [2.05, 4.69) is 0 Å². The third-order valence-electron chi connectivity index (χ3n) is 2.43. The highest BCUT2D eigenvalue weighted by Crippen LogP contribution is 2.26. The van der Waals surface area contributed by atoms with Crippen LogP contribution >= 0.6 is 11.3 Å². The summed E-state index contributed by atoms with van der Waals surface area (Å²) < 4.78 is 26.2. The molecule has 1 aromatic rings. The van der Waals surface area contributed by atoms with E-state index in [4.69, 9.17) is 5.11 Å². The molecule has 0 aliphatic rings. The number of carbonyl (C=O) groups is 1. The van der Waals surface area contributed by atoms with E-state index in [1.54, 1.807) is 13.8 Å². The van der Waals surface area contributed by atoms with Crippen LogP contribution in [0.25, 0.3) is 0 Å². The number of carboxylic acids is 1. The first-order valence-corrected chi connectivity index (χ1v) is 7.97. The molecule has 0 aliphatic heterocycles. The molecule has 0 amide bonds. The fourth-order valence-corrected chi connectivity index (χ4v) is 4.62. The van der Waals surface area contributed by atoms with Crippen LogP contribution < -0.4 is 0 Å². The van der Waals surface area contributed by atoms with Crippen molar-refractivity contribution in [2.75, 3.05) is 6.54 Å². The van der Waals surface area contributed by atoms with Crippen molar-refractivity contribution in [1.82, 2.24) is 4.31 Å². The van der Waals surface area contributed by atoms with Crippen molar-refractivity contribution in [3.05, 3.63) is 16.3 Å². The number of hydrogen-bond acceptors (Lipinski definition) is 4. The SMILES string of the molecule is CCCN(C(C)C)S(=O)(=O)c1ccsc1C(=O)O. The molecule has 1 aromatic heterocycles. The van der Waals surface area contributed by atoms with Crippen LogP contribution in [-0.2, 0) is 10.0 Å². The molecule has 0 aliphatic carbocycles. The van der Waals surface area contributed by atoms with Gasteiger partial charge >= 0.3 is 5.97 Å². The van der Waals surface area contributed by atoms with E-state index in [0.29, 0.717) is 13.0 Å². The number of sulfonamides is 1. The summed E-state index contributed by atoms with van der Waals surface area (Å²) in [6.45, 7) is 5.82. The Morgan fingerprint density at radius 1 is 1.50 bits per heavy atom. The molecular weight excluding hydrogens is 274 g/mol. The van der Waals surface area contributed by atoms with Crippen molar-refractivity contribution in [3.63, 3.8) is 0 Å². The number of nitrogens with zero attached hydrogens (tertiary/aromatic N) is 1. The van der Waals surface area contributed by atoms with Gasteiger partial charge in [-0.15, -0.1) is 11.3 Å². The Morgan fingerprint density at radius 3 is 2.56 bits per heavy atom. The number of aromatic carboxylic acids is 1. The maximum Gasteiger partial charge on any atom is 0.347 e. The minimum Gasteiger partial charge on any atom is -0.477 e. The molecular formula is C11H17NO4S2. The Bertz CT molecular complexity index is 519. The molecule has 7 heteroatoms. The van der Waals surface area contributed by atoms with Gasteiger partial charge in [-0.05, 0) is 31.7 Å². The summed E-state index contributed by atoms with van der Waals surface area (Å²) in [6, 6.07) is 1.16. The van der Waals surface area contributed by atoms with Crippen molar-refractivity contribution < 1.29 is 18.3 Å². The van der Waals surface area contributed by atoms with Gasteiger partial charge < -0.3 is 5.11 Å². The minimum absolute atomic E-state index is 0.109. The molecule has 0 atom stereocenters. The van der Waals surface area contributed by atoms with Crippen molar-refractivity contribution >= 4 is 27.3 Å². The third-order valence-corrected chi connectivity index (χ3v) is 5.58. The molecule has 0 fully saturated rings. The number of carboxylic acid groups (broad SMARTS) is 1. The van der Waals surface area contributed by atoms with Gasteiger partial charge in [-0.25, -0.2) is 13.2 Å². The Balaban J connectivity index is 3.27. The Kier molecular flexibility index (Phi) is 4.89. The summed E-state index contributed by atoms with van der Waals surface area (Å²) in [5.74, 6) is -1.20. The van der Waals surface area contributed by atoms with Crippen LogP contribution in [-0.4, -0.2) is 36.4 Å². The molecule has 0 bridgehead atoms. The monoisotopic (exact) mass is 291 g/mol. The zero-order valence-corrected chi connectivity index (χ0v) is 12.2. The van der Waals surface area contributed by atoms with Gasteiger partial charge in [0, 0.05) is 12.6 Å². The molecule has 1 rings (SSSR count). The van der Waals surface area contributed by atoms with Crippen LogP contribution in [0, 0.1) is 0 Å². The fraction of sp³-hybridized carbons (Fsp3) is 0.545. The van der Waals surface area contributed by atoms with E-state index >= 15 is 0 Å². The third kappa shape index (κ3) is 2.90. The van der Waals surface area contributed by atoms with Gasteiger partial charge in [-0.1, -0.05) is 6.92 Å². The van der Waals surface area contributed by atoms with Crippen LogP contribution in [0.15, 0.2) is 16.3 Å². The van der Waals surface area contributed by atoms with E-state index < -0.39 is 16.0 Å². The van der Waals surface area contributed by atoms with Gasteiger partial charge in [-0.3, -0.25) is 0 Å². The van der Waals surface area contributed by atoms with E-state index in [1.165, 1.54) is 15.8 Å². The average Bonchev–Trinajstić information content (AvgIpc) is 2.74. The predicted octanol–water partition coefficient (Wildman–Crippen LogP) is 2.26. The van der Waals surface area contributed by atoms with Crippen molar-refractivity contribution in [1.29, 1.82) is 0 Å². The molecule has 0 radical (unpaired) electrons. The normalized spacial score (nSPS) is 12.3. The van der Waals surface area contributed by atoms with Gasteiger partial charge in [-0.2, -0.15) is 4.31 Å². The van der Waals surface area contributed by atoms with E-state index in [9.17, 15) is 13.2 Å². The van der Waals surface area contributed by atoms with Gasteiger partial charge in [0.25, 0.3) is 0 Å². The highest BCUT2D eigenvalue weighted by Gasteiger charge is 2.31. The second-order valence-electron chi connectivity index (χ2n) is 4.13. The molecule has 18 heavy (non-hydrogen) atoms. The molecule has 102 valence electrons. The molecule has 0 spiro atoms. The first kappa shape index (κ1) is 15.1. The number of hydrogen-bond donors (Lipinski definition) is 1. The summed E-state index contributed by atoms with van der Waals surface area (Å²) in [5.41, 5.74) is 0. The predicted molar refractivity (Wildman–Crippen MR) is 70.6 cm³/mol. The molecule has 0 unspecified atom stereocenters. The summed E-state index contributed by atoms with van der Waals surface area (Å²) in [6.07, 6.45) is 0.684. The zero-order valence-electron chi connectivity index (χ0n) is 10.6. The van der Waals surface area contributed by atoms with Crippen LogP contribution in [0.4, 0.5) is 0 Å². The molecule has 1 heterocycles. The summed E-state index contributed by atoms with van der Waals surface area (Å²) in [7, 11) is -3.73. The highest BCUT2D eigenvalue weighted by molar-refractivity contribution is 7.89. The lowest BCUT2D eigenvalue weighted by molar-refractivity contribution is 0.0698. The van der Waals surface area contributed by atoms with Crippen LogP contribution in [0.2, 0.25) is 0 Å². The summed E-state index contributed by atoms with van der Waals surface area (Å²) in [4.78, 5) is 10.8. The maximum absolute atomic E-state index is 12.4. The second kappa shape index (κ2) is 5.81. The standard InChI is InChI=1S/C11H17NO4S2/c1-4-6-12(8(2)3)18(15,16)9-5-7-17-10(9)11(13)14/h5,7-8H,4,6H2,1-3H3,(H,13,14). The first-order valence-electron chi connectivity index (χ1n) is 5.65. The topological polar surface area (TPSA) is 74.7 Å². The van der Waals surface area contributed by atoms with Crippen LogP contribution in [0.3, 0.4) is 0 Å². The van der Waals surface area contributed by atoms with Crippen molar-refractivity contribution in [3.8, 4) is 0 Å². The van der Waals surface area contributed by atoms with Crippen LogP contribution in [0.5, 0.6) is 0 Å². The number of thiophene rings is 1. The Hall–Kier alpha value is -0.920. The van der Waals surface area contributed by atoms with Gasteiger partial charge in [0.15, 0.2) is 0 Å². The lowest BCUT2D eigenvalue weighted by atomic mass is 10.4. The first-order chi connectivity index (χ1) is 8.32. The largest absolute Gasteiger partial charge is 0.477 e. The highest BCUT2D eigenvalue weighted by atomic mass is 32.2. The number of rotatable bonds is 6. The van der Waals surface area contributed by atoms with Gasteiger partial charge in [0.1, 0.15) is 9.77 Å². The summed E-state index contributed by atoms with van der Waals surface area (Å²) >= 11 is 0.926. The Morgan fingerprint density at radius 2 is 2.11 bits per heavy atom.